The van der Waals surface area contributed by atoms with E-state index in [2.05, 4.69) is 52.2 Å². The van der Waals surface area contributed by atoms with Gasteiger partial charge >= 0.3 is 0 Å². The van der Waals surface area contributed by atoms with Gasteiger partial charge in [-0.3, -0.25) is 0 Å². The van der Waals surface area contributed by atoms with Gasteiger partial charge in [0, 0.05) is 41.5 Å². The molecule has 0 spiro atoms. The van der Waals surface area contributed by atoms with E-state index in [1.54, 1.807) is 6.20 Å². The van der Waals surface area contributed by atoms with Gasteiger partial charge < -0.3 is 5.32 Å². The third-order valence-corrected chi connectivity index (χ3v) is 6.32. The number of nitrogens with one attached hydrogen (secondary N) is 1. The highest BCUT2D eigenvalue weighted by molar-refractivity contribution is 8.03. The predicted octanol–water partition coefficient (Wildman–Crippen LogP) is 6.10. The van der Waals surface area contributed by atoms with Crippen LogP contribution >= 0.6 is 11.8 Å². The van der Waals surface area contributed by atoms with Crippen molar-refractivity contribution in [1.29, 1.82) is 0 Å². The Morgan fingerprint density at radius 3 is 2.97 bits per heavy atom. The lowest BCUT2D eigenvalue weighted by Crippen LogP contribution is -1.98. The number of hydrogen-bond acceptors (Lipinski definition) is 5. The Morgan fingerprint density at radius 2 is 2.13 bits per heavy atom. The van der Waals surface area contributed by atoms with Crippen molar-refractivity contribution in [1.82, 2.24) is 19.6 Å². The van der Waals surface area contributed by atoms with Gasteiger partial charge in [-0.1, -0.05) is 30.9 Å². The highest BCUT2D eigenvalue weighted by Gasteiger charge is 2.18. The molecule has 0 saturated carbocycles. The lowest BCUT2D eigenvalue weighted by atomic mass is 10.0. The van der Waals surface area contributed by atoms with E-state index >= 15 is 0 Å². The number of pyridine rings is 1. The van der Waals surface area contributed by atoms with E-state index in [0.717, 1.165) is 58.1 Å². The van der Waals surface area contributed by atoms with Gasteiger partial charge in [0.15, 0.2) is 0 Å². The highest BCUT2D eigenvalue weighted by Crippen LogP contribution is 2.35. The average molecular weight is 426 g/mol. The van der Waals surface area contributed by atoms with Crippen molar-refractivity contribution in [2.45, 2.75) is 19.8 Å². The van der Waals surface area contributed by atoms with Crippen LogP contribution in [0.3, 0.4) is 0 Å². The molecule has 154 valence electrons. The molecule has 1 aliphatic heterocycles. The van der Waals surface area contributed by atoms with Gasteiger partial charge in [0.1, 0.15) is 11.5 Å². The van der Waals surface area contributed by atoms with Crippen LogP contribution in [-0.2, 0) is 0 Å². The normalized spacial score (nSPS) is 13.4. The van der Waals surface area contributed by atoms with E-state index in [1.165, 1.54) is 10.7 Å². The molecule has 31 heavy (non-hydrogen) atoms. The predicted molar refractivity (Wildman–Crippen MR) is 129 cm³/mol. The van der Waals surface area contributed by atoms with Crippen LogP contribution in [0.2, 0.25) is 0 Å². The maximum Gasteiger partial charge on any atom is 0.125 e. The monoisotopic (exact) mass is 425 g/mol. The fourth-order valence-corrected chi connectivity index (χ4v) is 4.85. The maximum atomic E-state index is 4.89. The summed E-state index contributed by atoms with van der Waals surface area (Å²) in [4.78, 5) is 10.3. The van der Waals surface area contributed by atoms with Crippen molar-refractivity contribution in [2.75, 3.05) is 11.1 Å². The number of fused-ring (bicyclic) bond motifs is 1. The summed E-state index contributed by atoms with van der Waals surface area (Å²) in [6.07, 6.45) is 8.09. The number of rotatable bonds is 6. The average Bonchev–Trinajstić information content (AvgIpc) is 3.41. The Labute approximate surface area is 185 Å². The van der Waals surface area contributed by atoms with Crippen LogP contribution in [0.4, 0.5) is 5.69 Å². The Bertz CT molecular complexity index is 1300. The van der Waals surface area contributed by atoms with E-state index in [1.807, 2.05) is 53.7 Å². The minimum Gasteiger partial charge on any atom is -0.359 e. The number of allylic oxidation sites excluding steroid dienone is 2. The molecular weight excluding hydrogens is 402 g/mol. The first kappa shape index (κ1) is 19.6. The number of benzene rings is 1. The Kier molecular flexibility index (Phi) is 5.30. The van der Waals surface area contributed by atoms with Crippen LogP contribution in [0.5, 0.6) is 0 Å². The second-order valence-electron chi connectivity index (χ2n) is 7.54. The zero-order valence-corrected chi connectivity index (χ0v) is 18.2. The molecule has 6 heteroatoms. The summed E-state index contributed by atoms with van der Waals surface area (Å²) in [5.74, 6) is 1.92. The van der Waals surface area contributed by atoms with Gasteiger partial charge in [0.2, 0.25) is 0 Å². The molecule has 0 radical (unpaired) electrons. The van der Waals surface area contributed by atoms with E-state index in [4.69, 9.17) is 5.10 Å². The van der Waals surface area contributed by atoms with Crippen molar-refractivity contribution in [2.24, 2.45) is 0 Å². The van der Waals surface area contributed by atoms with Crippen LogP contribution in [0.25, 0.3) is 28.0 Å². The number of aryl methyl sites for hydroxylation is 1. The molecule has 3 aromatic heterocycles. The number of aromatic nitrogens is 4. The van der Waals surface area contributed by atoms with Gasteiger partial charge in [0.05, 0.1) is 16.8 Å². The molecule has 0 unspecified atom stereocenters. The minimum absolute atomic E-state index is 0.740. The van der Waals surface area contributed by atoms with Crippen molar-refractivity contribution in [3.8, 4) is 22.5 Å². The first-order valence-corrected chi connectivity index (χ1v) is 11.3. The smallest absolute Gasteiger partial charge is 0.125 e. The summed E-state index contributed by atoms with van der Waals surface area (Å²) in [5, 5.41) is 8.36. The number of thioether (sulfide) groups is 1. The molecule has 1 aliphatic rings. The van der Waals surface area contributed by atoms with Crippen molar-refractivity contribution in [3.63, 3.8) is 0 Å². The molecule has 0 atom stereocenters. The largest absolute Gasteiger partial charge is 0.359 e. The van der Waals surface area contributed by atoms with Crippen molar-refractivity contribution < 1.29 is 0 Å². The summed E-state index contributed by atoms with van der Waals surface area (Å²) in [6.45, 7) is 6.13. The zero-order chi connectivity index (χ0) is 21.2. The summed E-state index contributed by atoms with van der Waals surface area (Å²) in [6, 6.07) is 16.3. The Morgan fingerprint density at radius 1 is 1.19 bits per heavy atom. The minimum atomic E-state index is 0.740. The molecule has 0 fully saturated rings. The van der Waals surface area contributed by atoms with Gasteiger partial charge in [-0.25, -0.2) is 14.5 Å². The van der Waals surface area contributed by atoms with Crippen LogP contribution in [-0.4, -0.2) is 25.3 Å². The topological polar surface area (TPSA) is 55.1 Å². The molecule has 0 aliphatic carbocycles. The molecule has 4 aromatic rings. The Balaban J connectivity index is 1.53. The van der Waals surface area contributed by atoms with Gasteiger partial charge in [0.25, 0.3) is 0 Å². The standard InChI is InChI=1S/C25H23N5S/c1-17(15-21-9-6-14-31-21)27-20-8-5-7-19(16-20)25-24(22-11-12-26-18(2)28-22)23-10-3-4-13-30(23)29-25/h3-5,7-13,16,27H,1,6,14-15H2,2H3. The molecule has 4 heterocycles. The molecule has 5 rings (SSSR count). The van der Waals surface area contributed by atoms with Gasteiger partial charge in [-0.05, 0) is 48.6 Å². The second kappa shape index (κ2) is 8.40. The molecule has 0 saturated heterocycles. The van der Waals surface area contributed by atoms with E-state index < -0.39 is 0 Å². The first-order chi connectivity index (χ1) is 15.2. The molecule has 0 amide bonds. The quantitative estimate of drug-likeness (QED) is 0.404. The SMILES string of the molecule is C=C(CC1=CCCS1)Nc1cccc(-c2nn3ccccc3c2-c2ccnc(C)n2)c1. The van der Waals surface area contributed by atoms with Crippen molar-refractivity contribution >= 4 is 23.0 Å². The summed E-state index contributed by atoms with van der Waals surface area (Å²) in [5.41, 5.74) is 6.83. The molecular formula is C25H23N5S. The third kappa shape index (κ3) is 4.11. The van der Waals surface area contributed by atoms with Crippen molar-refractivity contribution in [3.05, 3.63) is 90.0 Å². The lowest BCUT2D eigenvalue weighted by molar-refractivity contribution is 0.966. The fourth-order valence-electron chi connectivity index (χ4n) is 3.84. The highest BCUT2D eigenvalue weighted by atomic mass is 32.2. The van der Waals surface area contributed by atoms with E-state index in [-0.39, 0.29) is 0 Å². The van der Waals surface area contributed by atoms with Crippen LogP contribution in [0, 0.1) is 6.92 Å². The first-order valence-electron chi connectivity index (χ1n) is 10.3. The van der Waals surface area contributed by atoms with Crippen LogP contribution in [0.1, 0.15) is 18.7 Å². The lowest BCUT2D eigenvalue weighted by Gasteiger charge is -2.11. The fraction of sp³-hybridized carbons (Fsp3) is 0.160. The Hall–Kier alpha value is -3.38. The van der Waals surface area contributed by atoms with Gasteiger partial charge in [-0.15, -0.1) is 11.8 Å². The summed E-state index contributed by atoms with van der Waals surface area (Å²) < 4.78 is 1.91. The maximum absolute atomic E-state index is 4.89. The van der Waals surface area contributed by atoms with Crippen LogP contribution < -0.4 is 5.32 Å². The molecule has 1 aromatic carbocycles. The number of hydrogen-bond donors (Lipinski definition) is 1. The van der Waals surface area contributed by atoms with Gasteiger partial charge in [-0.2, -0.15) is 5.10 Å². The van der Waals surface area contributed by atoms with Crippen LogP contribution in [0.15, 0.2) is 84.2 Å². The van der Waals surface area contributed by atoms with E-state index in [0.29, 0.717) is 0 Å². The second-order valence-corrected chi connectivity index (χ2v) is 8.76. The summed E-state index contributed by atoms with van der Waals surface area (Å²) in [7, 11) is 0. The molecule has 0 bridgehead atoms. The number of nitrogens with zero attached hydrogens (tertiary/aromatic N) is 4. The summed E-state index contributed by atoms with van der Waals surface area (Å²) >= 11 is 1.92. The third-order valence-electron chi connectivity index (χ3n) is 5.19. The van der Waals surface area contributed by atoms with E-state index in [9.17, 15) is 0 Å². The molecule has 1 N–H and O–H groups in total. The zero-order valence-electron chi connectivity index (χ0n) is 17.4. The number of anilines is 1. The molecule has 5 nitrogen and oxygen atoms in total.